The number of carbonyl (C=O) groups is 2. The van der Waals surface area contributed by atoms with Gasteiger partial charge in [-0.2, -0.15) is 0 Å². The van der Waals surface area contributed by atoms with Crippen LogP contribution in [0.1, 0.15) is 33.3 Å². The average molecular weight is 223 g/mol. The second-order valence-electron chi connectivity index (χ2n) is 3.05. The van der Waals surface area contributed by atoms with E-state index in [2.05, 4.69) is 14.5 Å². The van der Waals surface area contributed by atoms with Crippen molar-refractivity contribution >= 4 is 11.9 Å². The van der Waals surface area contributed by atoms with Gasteiger partial charge in [0.1, 0.15) is 0 Å². The lowest BCUT2D eigenvalue weighted by Gasteiger charge is -2.06. The molecule has 0 saturated carbocycles. The van der Waals surface area contributed by atoms with Gasteiger partial charge in [-0.3, -0.25) is 4.98 Å². The third kappa shape index (κ3) is 2.36. The van der Waals surface area contributed by atoms with E-state index in [1.165, 1.54) is 26.5 Å². The van der Waals surface area contributed by atoms with Crippen LogP contribution in [0.4, 0.5) is 0 Å². The summed E-state index contributed by atoms with van der Waals surface area (Å²) in [5.41, 5.74) is 1.13. The summed E-state index contributed by atoms with van der Waals surface area (Å²) in [6.45, 7) is 1.87. The highest BCUT2D eigenvalue weighted by atomic mass is 16.5. The number of hydrogen-bond donors (Lipinski definition) is 0. The van der Waals surface area contributed by atoms with Crippen molar-refractivity contribution in [3.63, 3.8) is 0 Å². The van der Waals surface area contributed by atoms with Gasteiger partial charge in [0.05, 0.1) is 31.0 Å². The van der Waals surface area contributed by atoms with Crippen molar-refractivity contribution in [2.75, 3.05) is 14.2 Å². The summed E-state index contributed by atoms with van der Waals surface area (Å²) in [7, 11) is 2.56. The smallest absolute Gasteiger partial charge is 0.339 e. The summed E-state index contributed by atoms with van der Waals surface area (Å²) in [6, 6.07) is 1.43. The molecule has 1 rings (SSSR count). The van der Waals surface area contributed by atoms with Crippen LogP contribution in [-0.2, 0) is 15.9 Å². The SMILES string of the molecule is CCc1ncc(C(=O)OC)cc1C(=O)OC. The Balaban J connectivity index is 3.21. The fourth-order valence-electron chi connectivity index (χ4n) is 1.29. The second kappa shape index (κ2) is 5.25. The molecule has 16 heavy (non-hydrogen) atoms. The third-order valence-corrected chi connectivity index (χ3v) is 2.13. The summed E-state index contributed by atoms with van der Waals surface area (Å²) in [4.78, 5) is 26.7. The molecule has 0 aromatic carbocycles. The molecule has 0 spiro atoms. The maximum atomic E-state index is 11.4. The first-order valence-electron chi connectivity index (χ1n) is 4.79. The third-order valence-electron chi connectivity index (χ3n) is 2.13. The minimum atomic E-state index is -0.527. The normalized spacial score (nSPS) is 9.69. The maximum Gasteiger partial charge on any atom is 0.339 e. The Morgan fingerprint density at radius 2 is 1.88 bits per heavy atom. The van der Waals surface area contributed by atoms with E-state index < -0.39 is 11.9 Å². The topological polar surface area (TPSA) is 65.5 Å². The molecule has 86 valence electrons. The zero-order valence-electron chi connectivity index (χ0n) is 9.44. The molecule has 0 saturated heterocycles. The molecule has 5 heteroatoms. The van der Waals surface area contributed by atoms with E-state index in [1.807, 2.05) is 6.92 Å². The lowest BCUT2D eigenvalue weighted by molar-refractivity contribution is 0.0597. The summed E-state index contributed by atoms with van der Waals surface area (Å²) >= 11 is 0. The van der Waals surface area contributed by atoms with Crippen molar-refractivity contribution in [2.45, 2.75) is 13.3 Å². The van der Waals surface area contributed by atoms with E-state index >= 15 is 0 Å². The fraction of sp³-hybridized carbons (Fsp3) is 0.364. The van der Waals surface area contributed by atoms with Gasteiger partial charge in [0.25, 0.3) is 0 Å². The van der Waals surface area contributed by atoms with Crippen LogP contribution in [0.3, 0.4) is 0 Å². The first-order valence-corrected chi connectivity index (χ1v) is 4.79. The van der Waals surface area contributed by atoms with E-state index in [0.717, 1.165) is 0 Å². The van der Waals surface area contributed by atoms with Gasteiger partial charge < -0.3 is 9.47 Å². The molecule has 0 fully saturated rings. The van der Waals surface area contributed by atoms with Crippen LogP contribution < -0.4 is 0 Å². The van der Waals surface area contributed by atoms with E-state index in [9.17, 15) is 9.59 Å². The molecule has 0 amide bonds. The quantitative estimate of drug-likeness (QED) is 0.721. The minimum Gasteiger partial charge on any atom is -0.465 e. The molecule has 0 bridgehead atoms. The van der Waals surface area contributed by atoms with Crippen molar-refractivity contribution in [1.82, 2.24) is 4.98 Å². The number of methoxy groups -OCH3 is 2. The summed E-state index contributed by atoms with van der Waals surface area (Å²) in [5, 5.41) is 0. The standard InChI is InChI=1S/C11H13NO4/c1-4-9-8(11(14)16-3)5-7(6-12-9)10(13)15-2/h5-6H,4H2,1-3H3. The van der Waals surface area contributed by atoms with E-state index in [0.29, 0.717) is 17.7 Å². The molecule has 0 unspecified atom stereocenters. The highest BCUT2D eigenvalue weighted by molar-refractivity contribution is 5.95. The molecule has 0 radical (unpaired) electrons. The van der Waals surface area contributed by atoms with E-state index in [-0.39, 0.29) is 5.56 Å². The van der Waals surface area contributed by atoms with E-state index in [4.69, 9.17) is 0 Å². The molecule has 1 aromatic rings. The monoisotopic (exact) mass is 223 g/mol. The maximum absolute atomic E-state index is 11.4. The summed E-state index contributed by atoms with van der Waals surface area (Å²) in [6.07, 6.45) is 1.98. The number of rotatable bonds is 3. The number of aromatic nitrogens is 1. The van der Waals surface area contributed by atoms with Crippen molar-refractivity contribution in [1.29, 1.82) is 0 Å². The van der Waals surface area contributed by atoms with Gasteiger partial charge in [0.15, 0.2) is 0 Å². The van der Waals surface area contributed by atoms with Crippen LogP contribution in [0.2, 0.25) is 0 Å². The zero-order valence-corrected chi connectivity index (χ0v) is 9.44. The lowest BCUT2D eigenvalue weighted by atomic mass is 10.1. The predicted molar refractivity (Wildman–Crippen MR) is 56.3 cm³/mol. The molecular weight excluding hydrogens is 210 g/mol. The molecule has 0 N–H and O–H groups in total. The number of ether oxygens (including phenoxy) is 2. The molecule has 0 atom stereocenters. The van der Waals surface area contributed by atoms with Crippen molar-refractivity contribution < 1.29 is 19.1 Å². The highest BCUT2D eigenvalue weighted by Gasteiger charge is 2.16. The first-order chi connectivity index (χ1) is 7.63. The predicted octanol–water partition coefficient (Wildman–Crippen LogP) is 1.22. The highest BCUT2D eigenvalue weighted by Crippen LogP contribution is 2.12. The summed E-state index contributed by atoms with van der Waals surface area (Å²) < 4.78 is 9.16. The van der Waals surface area contributed by atoms with Gasteiger partial charge in [0.2, 0.25) is 0 Å². The van der Waals surface area contributed by atoms with Crippen LogP contribution in [0.15, 0.2) is 12.3 Å². The van der Waals surface area contributed by atoms with Gasteiger partial charge in [0, 0.05) is 6.20 Å². The molecule has 1 aromatic heterocycles. The molecule has 0 aliphatic heterocycles. The Morgan fingerprint density at radius 3 is 2.38 bits per heavy atom. The Labute approximate surface area is 93.4 Å². The Bertz CT molecular complexity index is 414. The van der Waals surface area contributed by atoms with Gasteiger partial charge in [-0.1, -0.05) is 6.92 Å². The minimum absolute atomic E-state index is 0.236. The largest absolute Gasteiger partial charge is 0.465 e. The molecule has 1 heterocycles. The number of pyridine rings is 1. The van der Waals surface area contributed by atoms with Crippen LogP contribution in [0.5, 0.6) is 0 Å². The Kier molecular flexibility index (Phi) is 3.99. The number of carbonyl (C=O) groups excluding carboxylic acids is 2. The van der Waals surface area contributed by atoms with Gasteiger partial charge in [-0.05, 0) is 12.5 Å². The number of nitrogens with zero attached hydrogens (tertiary/aromatic N) is 1. The van der Waals surface area contributed by atoms with Crippen molar-refractivity contribution in [2.24, 2.45) is 0 Å². The molecule has 5 nitrogen and oxygen atoms in total. The number of hydrogen-bond acceptors (Lipinski definition) is 5. The van der Waals surface area contributed by atoms with Gasteiger partial charge in [-0.25, -0.2) is 9.59 Å². The first kappa shape index (κ1) is 12.2. The lowest BCUT2D eigenvalue weighted by Crippen LogP contribution is -2.11. The fourth-order valence-corrected chi connectivity index (χ4v) is 1.29. The average Bonchev–Trinajstić information content (AvgIpc) is 2.35. The second-order valence-corrected chi connectivity index (χ2v) is 3.05. The number of esters is 2. The molecule has 0 aliphatic carbocycles. The van der Waals surface area contributed by atoms with Crippen LogP contribution in [-0.4, -0.2) is 31.1 Å². The van der Waals surface area contributed by atoms with Crippen molar-refractivity contribution in [3.8, 4) is 0 Å². The molecular formula is C11H13NO4. The van der Waals surface area contributed by atoms with Crippen LogP contribution >= 0.6 is 0 Å². The molecule has 0 aliphatic rings. The van der Waals surface area contributed by atoms with Crippen LogP contribution in [0, 0.1) is 0 Å². The summed E-state index contributed by atoms with van der Waals surface area (Å²) in [5.74, 6) is -1.03. The van der Waals surface area contributed by atoms with Crippen molar-refractivity contribution in [3.05, 3.63) is 29.1 Å². The Hall–Kier alpha value is -1.91. The van der Waals surface area contributed by atoms with Crippen LogP contribution in [0.25, 0.3) is 0 Å². The van der Waals surface area contributed by atoms with Gasteiger partial charge >= 0.3 is 11.9 Å². The van der Waals surface area contributed by atoms with E-state index in [1.54, 1.807) is 0 Å². The van der Waals surface area contributed by atoms with Gasteiger partial charge in [-0.15, -0.1) is 0 Å². The zero-order chi connectivity index (χ0) is 12.1. The Morgan fingerprint density at radius 1 is 1.25 bits per heavy atom. The number of aryl methyl sites for hydroxylation is 1.